The van der Waals surface area contributed by atoms with E-state index < -0.39 is 17.0 Å². The van der Waals surface area contributed by atoms with Crippen LogP contribution in [0.1, 0.15) is 43.5 Å². The van der Waals surface area contributed by atoms with Crippen LogP contribution in [0.15, 0.2) is 36.7 Å². The molecule has 0 fully saturated rings. The molecule has 150 valence electrons. The molecule has 1 atom stereocenters. The van der Waals surface area contributed by atoms with Gasteiger partial charge in [-0.25, -0.2) is 13.8 Å². The Balaban J connectivity index is 1.77. The normalized spacial score (nSPS) is 12.6. The first-order valence-electron chi connectivity index (χ1n) is 9.24. The number of amides is 1. The Kier molecular flexibility index (Phi) is 5.38. The third-order valence-electron chi connectivity index (χ3n) is 5.10. The van der Waals surface area contributed by atoms with Crippen LogP contribution in [-0.2, 0) is 16.8 Å². The highest BCUT2D eigenvalue weighted by atomic mass is 19.2. The lowest BCUT2D eigenvalue weighted by Crippen LogP contribution is -2.30. The zero-order chi connectivity index (χ0) is 21.3. The summed E-state index contributed by atoms with van der Waals surface area (Å²) in [7, 11) is 0. The number of imidazole rings is 1. The van der Waals surface area contributed by atoms with Crippen LogP contribution >= 0.6 is 0 Å². The summed E-state index contributed by atoms with van der Waals surface area (Å²) in [5.41, 5.74) is 2.44. The molecule has 0 bridgehead atoms. The number of aromatic nitrogens is 2. The molecule has 0 saturated heterocycles. The molecule has 7 heteroatoms. The zero-order valence-electron chi connectivity index (χ0n) is 16.8. The summed E-state index contributed by atoms with van der Waals surface area (Å²) in [6.45, 7) is 7.30. The van der Waals surface area contributed by atoms with Gasteiger partial charge in [0, 0.05) is 0 Å². The van der Waals surface area contributed by atoms with E-state index in [0.29, 0.717) is 0 Å². The summed E-state index contributed by atoms with van der Waals surface area (Å²) in [6, 6.07) is 10.1. The van der Waals surface area contributed by atoms with Crippen molar-refractivity contribution in [2.75, 3.05) is 0 Å². The molecule has 2 aromatic carbocycles. The third kappa shape index (κ3) is 3.97. The highest BCUT2D eigenvalue weighted by molar-refractivity contribution is 5.81. The topological polar surface area (TPSA) is 70.7 Å². The number of carbonyl (C=O) groups is 1. The van der Waals surface area contributed by atoms with Crippen molar-refractivity contribution in [1.82, 2.24) is 14.9 Å². The van der Waals surface area contributed by atoms with Gasteiger partial charge in [-0.2, -0.15) is 5.26 Å². The van der Waals surface area contributed by atoms with Crippen LogP contribution in [0.3, 0.4) is 0 Å². The molecule has 0 aliphatic rings. The smallest absolute Gasteiger partial charge is 0.240 e. The van der Waals surface area contributed by atoms with Gasteiger partial charge < -0.3 is 9.88 Å². The van der Waals surface area contributed by atoms with Crippen molar-refractivity contribution >= 4 is 16.9 Å². The van der Waals surface area contributed by atoms with Gasteiger partial charge in [-0.3, -0.25) is 4.79 Å². The summed E-state index contributed by atoms with van der Waals surface area (Å²) < 4.78 is 28.9. The average molecular weight is 396 g/mol. The van der Waals surface area contributed by atoms with Crippen molar-refractivity contribution in [3.8, 4) is 6.07 Å². The monoisotopic (exact) mass is 396 g/mol. The van der Waals surface area contributed by atoms with Crippen molar-refractivity contribution < 1.29 is 13.6 Å². The van der Waals surface area contributed by atoms with Gasteiger partial charge in [0.2, 0.25) is 5.91 Å². The predicted molar refractivity (Wildman–Crippen MR) is 106 cm³/mol. The average Bonchev–Trinajstić information content (AvgIpc) is 3.07. The van der Waals surface area contributed by atoms with Crippen molar-refractivity contribution in [3.63, 3.8) is 0 Å². The van der Waals surface area contributed by atoms with Gasteiger partial charge in [-0.05, 0) is 56.5 Å². The van der Waals surface area contributed by atoms with E-state index in [-0.39, 0.29) is 29.5 Å². The second kappa shape index (κ2) is 7.63. The fraction of sp³-hybridized carbons (Fsp3) is 0.318. The molecule has 0 aliphatic carbocycles. The molecule has 5 nitrogen and oxygen atoms in total. The zero-order valence-corrected chi connectivity index (χ0v) is 16.8. The van der Waals surface area contributed by atoms with E-state index in [9.17, 15) is 18.8 Å². The summed E-state index contributed by atoms with van der Waals surface area (Å²) in [6.07, 6.45) is 1.32. The number of aryl methyl sites for hydroxylation is 1. The van der Waals surface area contributed by atoms with Gasteiger partial charge in [-0.1, -0.05) is 18.2 Å². The highest BCUT2D eigenvalue weighted by Gasteiger charge is 2.22. The molecular formula is C22H22F2N4O. The molecule has 1 amide bonds. The molecule has 3 rings (SSSR count). The number of nitriles is 1. The van der Waals surface area contributed by atoms with Crippen molar-refractivity contribution in [3.05, 3.63) is 65.0 Å². The van der Waals surface area contributed by atoms with Gasteiger partial charge in [0.1, 0.15) is 12.1 Å². The summed E-state index contributed by atoms with van der Waals surface area (Å²) in [5, 5.41) is 12.2. The van der Waals surface area contributed by atoms with Crippen LogP contribution in [0.2, 0.25) is 0 Å². The number of rotatable bonds is 5. The Morgan fingerprint density at radius 1 is 1.31 bits per heavy atom. The van der Waals surface area contributed by atoms with E-state index in [1.165, 1.54) is 17.0 Å². The van der Waals surface area contributed by atoms with Crippen molar-refractivity contribution in [2.24, 2.45) is 0 Å². The van der Waals surface area contributed by atoms with Gasteiger partial charge in [0.25, 0.3) is 0 Å². The number of nitrogens with zero attached hydrogens (tertiary/aromatic N) is 3. The van der Waals surface area contributed by atoms with Gasteiger partial charge >= 0.3 is 0 Å². The molecule has 3 aromatic rings. The van der Waals surface area contributed by atoms with Crippen molar-refractivity contribution in [2.45, 2.75) is 45.7 Å². The Morgan fingerprint density at radius 3 is 2.69 bits per heavy atom. The van der Waals surface area contributed by atoms with E-state index in [0.717, 1.165) is 22.8 Å². The van der Waals surface area contributed by atoms with E-state index in [2.05, 4.69) is 16.4 Å². The number of hydrogen-bond acceptors (Lipinski definition) is 3. The highest BCUT2D eigenvalue weighted by Crippen LogP contribution is 2.27. The minimum atomic E-state index is -1.02. The lowest BCUT2D eigenvalue weighted by atomic mass is 9.84. The minimum absolute atomic E-state index is 0.0351. The Morgan fingerprint density at radius 2 is 2.03 bits per heavy atom. The number of hydrogen-bond donors (Lipinski definition) is 1. The van der Waals surface area contributed by atoms with Gasteiger partial charge in [0.05, 0.1) is 29.4 Å². The number of fused-ring (bicyclic) bond motifs is 1. The maximum Gasteiger partial charge on any atom is 0.240 e. The van der Waals surface area contributed by atoms with Crippen LogP contribution in [0, 0.1) is 29.9 Å². The fourth-order valence-corrected chi connectivity index (χ4v) is 3.35. The van der Waals surface area contributed by atoms with Gasteiger partial charge in [-0.15, -0.1) is 0 Å². The van der Waals surface area contributed by atoms with E-state index in [4.69, 9.17) is 0 Å². The van der Waals surface area contributed by atoms with E-state index >= 15 is 0 Å². The maximum atomic E-state index is 14.1. The molecule has 0 aliphatic heterocycles. The fourth-order valence-electron chi connectivity index (χ4n) is 3.35. The summed E-state index contributed by atoms with van der Waals surface area (Å²) in [4.78, 5) is 16.5. The number of benzene rings is 2. The molecule has 0 spiro atoms. The molecule has 0 radical (unpaired) electrons. The SMILES string of the molecule is Cc1cc(C(C)(C)C#N)ccc1C(C)NC(=O)Cn1cnc2ccc(F)c(F)c21. The van der Waals surface area contributed by atoms with Gasteiger partial charge in [0.15, 0.2) is 11.6 Å². The maximum absolute atomic E-state index is 14.1. The van der Waals surface area contributed by atoms with E-state index in [1.54, 1.807) is 0 Å². The lowest BCUT2D eigenvalue weighted by Gasteiger charge is -2.21. The lowest BCUT2D eigenvalue weighted by molar-refractivity contribution is -0.122. The molecule has 0 saturated carbocycles. The van der Waals surface area contributed by atoms with E-state index in [1.807, 2.05) is 45.9 Å². The Labute approximate surface area is 168 Å². The first kappa shape index (κ1) is 20.5. The number of halogens is 2. The van der Waals surface area contributed by atoms with Crippen LogP contribution in [0.4, 0.5) is 8.78 Å². The first-order valence-corrected chi connectivity index (χ1v) is 9.24. The molecule has 1 heterocycles. The van der Waals surface area contributed by atoms with Crippen molar-refractivity contribution in [1.29, 1.82) is 5.26 Å². The largest absolute Gasteiger partial charge is 0.348 e. The predicted octanol–water partition coefficient (Wildman–Crippen LogP) is 4.30. The molecule has 29 heavy (non-hydrogen) atoms. The third-order valence-corrected chi connectivity index (χ3v) is 5.10. The Bertz CT molecular complexity index is 1130. The number of carbonyl (C=O) groups excluding carboxylic acids is 1. The first-order chi connectivity index (χ1) is 13.6. The molecule has 1 N–H and O–H groups in total. The quantitative estimate of drug-likeness (QED) is 0.699. The molecule has 1 unspecified atom stereocenters. The Hall–Kier alpha value is -3.27. The van der Waals surface area contributed by atoms with Crippen LogP contribution in [0.25, 0.3) is 11.0 Å². The molecular weight excluding hydrogens is 374 g/mol. The number of nitrogens with one attached hydrogen (secondary N) is 1. The minimum Gasteiger partial charge on any atom is -0.348 e. The van der Waals surface area contributed by atoms with Crippen LogP contribution < -0.4 is 5.32 Å². The second-order valence-corrected chi connectivity index (χ2v) is 7.70. The van der Waals surface area contributed by atoms with Crippen LogP contribution in [-0.4, -0.2) is 15.5 Å². The standard InChI is InChI=1S/C22H22F2N4O/c1-13-9-15(22(3,4)11-25)5-6-16(13)14(2)27-19(29)10-28-12-26-18-8-7-17(23)20(24)21(18)28/h5-9,12,14H,10H2,1-4H3,(H,27,29). The molecule has 1 aromatic heterocycles. The summed E-state index contributed by atoms with van der Waals surface area (Å²) >= 11 is 0. The summed E-state index contributed by atoms with van der Waals surface area (Å²) in [5.74, 6) is -2.35. The second-order valence-electron chi connectivity index (χ2n) is 7.70. The van der Waals surface area contributed by atoms with Crippen LogP contribution in [0.5, 0.6) is 0 Å².